The molecule has 0 bridgehead atoms. The minimum absolute atomic E-state index is 0.000386. The summed E-state index contributed by atoms with van der Waals surface area (Å²) in [6, 6.07) is 0. The molecule has 0 saturated carbocycles. The van der Waals surface area contributed by atoms with Gasteiger partial charge in [-0.3, -0.25) is 23.2 Å². The monoisotopic (exact) mass is 788 g/mol. The van der Waals surface area contributed by atoms with E-state index in [-0.39, 0.29) is 45.4 Å². The van der Waals surface area contributed by atoms with Crippen molar-refractivity contribution >= 4 is 19.8 Å². The minimum atomic E-state index is -4.06. The van der Waals surface area contributed by atoms with Crippen LogP contribution in [0.4, 0.5) is 0 Å². The van der Waals surface area contributed by atoms with E-state index in [2.05, 4.69) is 18.7 Å². The molecule has 0 aromatic carbocycles. The highest BCUT2D eigenvalue weighted by Crippen LogP contribution is 2.49. The number of hydrogen-bond donors (Lipinski definition) is 0. The van der Waals surface area contributed by atoms with Crippen molar-refractivity contribution in [3.8, 4) is 0 Å². The van der Waals surface area contributed by atoms with E-state index in [4.69, 9.17) is 29.6 Å². The third-order valence-corrected chi connectivity index (χ3v) is 11.0. The second-order valence-electron chi connectivity index (χ2n) is 16.1. The molecule has 0 spiro atoms. The second-order valence-corrected chi connectivity index (χ2v) is 17.8. The van der Waals surface area contributed by atoms with Crippen molar-refractivity contribution in [1.29, 1.82) is 0 Å². The molecular formula is C43H84N2O8P+. The highest BCUT2D eigenvalue weighted by molar-refractivity contribution is 7.48. The molecule has 0 aliphatic rings. The lowest BCUT2D eigenvalue weighted by Gasteiger charge is -2.25. The second kappa shape index (κ2) is 37.1. The standard InChI is InChI=1S/C43H84N2O8P/c1-7-9-11-13-15-17-19-21-23-25-27-29-31-33-42(46)49-39-41(40-52-54(48,50-37-35-44-3)51-38-36-45(4,5)6)53-43(47)34-32-30-28-26-24-22-20-18-16-14-12-10-8-2/h41H,7-40H2,1-2,4-6H3/q+1. The summed E-state index contributed by atoms with van der Waals surface area (Å²) in [5, 5.41) is 0. The fourth-order valence-electron chi connectivity index (χ4n) is 6.10. The van der Waals surface area contributed by atoms with Crippen LogP contribution in [0, 0.1) is 6.57 Å². The molecule has 0 N–H and O–H groups in total. The van der Waals surface area contributed by atoms with E-state index in [1.54, 1.807) is 0 Å². The van der Waals surface area contributed by atoms with Gasteiger partial charge < -0.3 is 18.8 Å². The number of quaternary nitrogens is 1. The van der Waals surface area contributed by atoms with E-state index in [9.17, 15) is 14.2 Å². The van der Waals surface area contributed by atoms with Crippen LogP contribution in [0.25, 0.3) is 4.85 Å². The van der Waals surface area contributed by atoms with Crippen LogP contribution in [-0.4, -0.2) is 83.2 Å². The van der Waals surface area contributed by atoms with E-state index in [1.807, 2.05) is 21.1 Å². The van der Waals surface area contributed by atoms with Gasteiger partial charge in [-0.05, 0) is 12.8 Å². The number of likely N-dealkylation sites (N-methyl/N-ethyl adjacent to an activating group) is 1. The summed E-state index contributed by atoms with van der Waals surface area (Å²) >= 11 is 0. The van der Waals surface area contributed by atoms with Crippen LogP contribution < -0.4 is 0 Å². The van der Waals surface area contributed by atoms with E-state index in [0.717, 1.165) is 38.5 Å². The topological polar surface area (TPSA) is 102 Å². The third-order valence-electron chi connectivity index (χ3n) is 9.58. The highest BCUT2D eigenvalue weighted by Gasteiger charge is 2.31. The van der Waals surface area contributed by atoms with Crippen LogP contribution >= 0.6 is 7.82 Å². The lowest BCUT2D eigenvalue weighted by Crippen LogP contribution is -2.37. The quantitative estimate of drug-likeness (QED) is 0.0198. The molecule has 0 radical (unpaired) electrons. The van der Waals surface area contributed by atoms with Crippen LogP contribution in [0.15, 0.2) is 0 Å². The van der Waals surface area contributed by atoms with Crippen LogP contribution in [0.1, 0.15) is 194 Å². The maximum absolute atomic E-state index is 13.4. The Kier molecular flexibility index (Phi) is 36.1. The average molecular weight is 788 g/mol. The largest absolute Gasteiger partial charge is 0.475 e. The molecule has 2 unspecified atom stereocenters. The third kappa shape index (κ3) is 37.4. The van der Waals surface area contributed by atoms with Crippen molar-refractivity contribution in [2.75, 3.05) is 60.7 Å². The van der Waals surface area contributed by atoms with Crippen molar-refractivity contribution in [3.05, 3.63) is 11.4 Å². The Hall–Kier alpha value is -1.50. The zero-order chi connectivity index (χ0) is 40.0. The van der Waals surface area contributed by atoms with Crippen molar-refractivity contribution < 1.29 is 41.7 Å². The molecule has 0 rings (SSSR count). The predicted molar refractivity (Wildman–Crippen MR) is 221 cm³/mol. The zero-order valence-corrected chi connectivity index (χ0v) is 36.6. The van der Waals surface area contributed by atoms with Crippen LogP contribution in [0.2, 0.25) is 0 Å². The number of nitrogens with zero attached hydrogens (tertiary/aromatic N) is 2. The van der Waals surface area contributed by atoms with Crippen molar-refractivity contribution in [2.45, 2.75) is 200 Å². The Morgan fingerprint density at radius 2 is 0.944 bits per heavy atom. The Morgan fingerprint density at radius 3 is 1.35 bits per heavy atom. The number of unbranched alkanes of at least 4 members (excludes halogenated alkanes) is 24. The van der Waals surface area contributed by atoms with Crippen LogP contribution in [0.3, 0.4) is 0 Å². The SMILES string of the molecule is [C-]#[N+]CCOP(=O)(OCC[N+](C)(C)C)OCC(COC(=O)CCCCCCCCCCCCCCC)OC(=O)CCCCCCCCCCCCCCC. The molecule has 0 saturated heterocycles. The van der Waals surface area contributed by atoms with Gasteiger partial charge in [-0.15, -0.1) is 0 Å². The predicted octanol–water partition coefficient (Wildman–Crippen LogP) is 12.2. The van der Waals surface area contributed by atoms with Crippen LogP contribution in [0.5, 0.6) is 0 Å². The molecule has 0 fully saturated rings. The minimum Gasteiger partial charge on any atom is -0.462 e. The summed E-state index contributed by atoms with van der Waals surface area (Å²) in [6.45, 7) is 11.5. The Balaban J connectivity index is 4.72. The van der Waals surface area contributed by atoms with E-state index in [1.165, 1.54) is 128 Å². The molecule has 54 heavy (non-hydrogen) atoms. The number of carbonyl (C=O) groups excluding carboxylic acids is 2. The number of rotatable bonds is 41. The summed E-state index contributed by atoms with van der Waals surface area (Å²) in [5.74, 6) is -0.764. The molecular weight excluding hydrogens is 703 g/mol. The van der Waals surface area contributed by atoms with Crippen molar-refractivity contribution in [1.82, 2.24) is 0 Å². The first-order valence-corrected chi connectivity index (χ1v) is 23.5. The lowest BCUT2D eigenvalue weighted by molar-refractivity contribution is -0.870. The average Bonchev–Trinajstić information content (AvgIpc) is 3.13. The molecule has 11 heteroatoms. The normalized spacial score (nSPS) is 13.3. The number of carbonyl (C=O) groups is 2. The summed E-state index contributed by atoms with van der Waals surface area (Å²) < 4.78 is 41.8. The van der Waals surface area contributed by atoms with Crippen molar-refractivity contribution in [3.63, 3.8) is 0 Å². The molecule has 0 aromatic rings. The maximum Gasteiger partial charge on any atom is 0.475 e. The molecule has 0 heterocycles. The first-order valence-electron chi connectivity index (χ1n) is 22.1. The van der Waals surface area contributed by atoms with Gasteiger partial charge >= 0.3 is 19.8 Å². The van der Waals surface area contributed by atoms with Gasteiger partial charge in [-0.25, -0.2) is 11.1 Å². The lowest BCUT2D eigenvalue weighted by atomic mass is 10.0. The summed E-state index contributed by atoms with van der Waals surface area (Å²) in [4.78, 5) is 28.7. The van der Waals surface area contributed by atoms with Crippen LogP contribution in [-0.2, 0) is 37.2 Å². The number of phosphoric ester groups is 1. The first-order chi connectivity index (χ1) is 26.0. The summed E-state index contributed by atoms with van der Waals surface area (Å²) in [5.41, 5.74) is 0. The number of esters is 2. The highest BCUT2D eigenvalue weighted by atomic mass is 31.2. The van der Waals surface area contributed by atoms with E-state index >= 15 is 0 Å². The molecule has 10 nitrogen and oxygen atoms in total. The van der Waals surface area contributed by atoms with Gasteiger partial charge in [0, 0.05) is 12.8 Å². The summed E-state index contributed by atoms with van der Waals surface area (Å²) in [7, 11) is 1.88. The molecule has 0 aliphatic heterocycles. The molecule has 0 amide bonds. The number of phosphoric acid groups is 1. The summed E-state index contributed by atoms with van der Waals surface area (Å²) in [6.07, 6.45) is 31.3. The zero-order valence-electron chi connectivity index (χ0n) is 35.7. The Morgan fingerprint density at radius 1 is 0.556 bits per heavy atom. The molecule has 0 aromatic heterocycles. The fraction of sp³-hybridized carbons (Fsp3) is 0.930. The van der Waals surface area contributed by atoms with Gasteiger partial charge in [0.15, 0.2) is 6.10 Å². The van der Waals surface area contributed by atoms with E-state index < -0.39 is 19.9 Å². The van der Waals surface area contributed by atoms with Gasteiger partial charge in [-0.1, -0.05) is 168 Å². The fourth-order valence-corrected chi connectivity index (χ4v) is 7.29. The number of hydrogen-bond acceptors (Lipinski definition) is 8. The van der Waals surface area contributed by atoms with Gasteiger partial charge in [0.05, 0.1) is 27.7 Å². The van der Waals surface area contributed by atoms with Crippen molar-refractivity contribution in [2.24, 2.45) is 0 Å². The Bertz CT molecular complexity index is 968. The smallest absolute Gasteiger partial charge is 0.462 e. The Labute approximate surface area is 332 Å². The van der Waals surface area contributed by atoms with Gasteiger partial charge in [-0.2, -0.15) is 0 Å². The van der Waals surface area contributed by atoms with Gasteiger partial charge in [0.25, 0.3) is 0 Å². The molecule has 0 aliphatic carbocycles. The van der Waals surface area contributed by atoms with Gasteiger partial charge in [0.1, 0.15) is 26.4 Å². The van der Waals surface area contributed by atoms with Gasteiger partial charge in [0.2, 0.25) is 6.54 Å². The molecule has 318 valence electrons. The maximum atomic E-state index is 13.4. The van der Waals surface area contributed by atoms with E-state index in [0.29, 0.717) is 17.4 Å². The number of ether oxygens (including phenoxy) is 2. The molecule has 2 atom stereocenters. The first kappa shape index (κ1) is 52.5.